The van der Waals surface area contributed by atoms with Crippen LogP contribution in [0, 0.1) is 0 Å². The summed E-state index contributed by atoms with van der Waals surface area (Å²) in [4.78, 5) is 44.1. The van der Waals surface area contributed by atoms with Crippen LogP contribution in [0.3, 0.4) is 0 Å². The van der Waals surface area contributed by atoms with Crippen LogP contribution in [0.5, 0.6) is 5.75 Å². The van der Waals surface area contributed by atoms with Crippen LogP contribution < -0.4 is 4.74 Å². The number of esters is 2. The van der Waals surface area contributed by atoms with Gasteiger partial charge in [0, 0.05) is 49.3 Å². The second-order valence-corrected chi connectivity index (χ2v) is 9.00. The van der Waals surface area contributed by atoms with Crippen molar-refractivity contribution in [3.05, 3.63) is 65.9 Å². The lowest BCUT2D eigenvalue weighted by molar-refractivity contribution is -0.152. The largest absolute Gasteiger partial charge is 0.455 e. The normalized spacial score (nSPS) is 14.3. The van der Waals surface area contributed by atoms with E-state index in [0.717, 1.165) is 29.6 Å². The Morgan fingerprint density at radius 2 is 1.63 bits per heavy atom. The molecule has 0 radical (unpaired) electrons. The predicted octanol–water partition coefficient (Wildman–Crippen LogP) is 2.95. The van der Waals surface area contributed by atoms with Crippen LogP contribution in [0.4, 0.5) is 0 Å². The second kappa shape index (κ2) is 11.2. The molecule has 1 aromatic heterocycles. The first-order valence-electron chi connectivity index (χ1n) is 11.9. The van der Waals surface area contributed by atoms with Crippen molar-refractivity contribution in [3.8, 4) is 5.75 Å². The summed E-state index contributed by atoms with van der Waals surface area (Å²) < 4.78 is 10.6. The summed E-state index contributed by atoms with van der Waals surface area (Å²) in [5.41, 5.74) is 2.56. The fourth-order valence-corrected chi connectivity index (χ4v) is 4.22. The molecule has 3 aromatic rings. The summed E-state index contributed by atoms with van der Waals surface area (Å²) in [6.45, 7) is 6.99. The third kappa shape index (κ3) is 6.48. The van der Waals surface area contributed by atoms with Gasteiger partial charge >= 0.3 is 11.9 Å². The predicted molar refractivity (Wildman–Crippen MR) is 132 cm³/mol. The topological polar surface area (TPSA) is 91.9 Å². The fraction of sp³-hybridized carbons (Fsp3) is 0.370. The van der Waals surface area contributed by atoms with Crippen molar-refractivity contribution in [2.75, 3.05) is 32.8 Å². The van der Waals surface area contributed by atoms with E-state index in [1.165, 1.54) is 0 Å². The van der Waals surface area contributed by atoms with Gasteiger partial charge in [-0.15, -0.1) is 0 Å². The number of H-pyrrole nitrogens is 1. The van der Waals surface area contributed by atoms with Crippen molar-refractivity contribution in [2.24, 2.45) is 0 Å². The van der Waals surface area contributed by atoms with Crippen molar-refractivity contribution in [1.82, 2.24) is 14.8 Å². The molecule has 0 aliphatic carbocycles. The first-order chi connectivity index (χ1) is 16.9. The summed E-state index contributed by atoms with van der Waals surface area (Å²) in [5.74, 6) is -0.597. The quantitative estimate of drug-likeness (QED) is 0.396. The molecule has 4 rings (SSSR count). The minimum absolute atomic E-state index is 0.0397. The van der Waals surface area contributed by atoms with Crippen LogP contribution in [0.15, 0.2) is 54.7 Å². The van der Waals surface area contributed by atoms with E-state index in [2.05, 4.69) is 23.7 Å². The molecule has 8 nitrogen and oxygen atoms in total. The number of hydrogen-bond acceptors (Lipinski definition) is 6. The van der Waals surface area contributed by atoms with Crippen molar-refractivity contribution in [1.29, 1.82) is 0 Å². The highest BCUT2D eigenvalue weighted by atomic mass is 16.5. The number of benzene rings is 2. The number of para-hydroxylation sites is 1. The molecule has 2 heterocycles. The first kappa shape index (κ1) is 24.5. The number of carbonyl (C=O) groups is 3. The number of aromatic nitrogens is 1. The molecule has 0 unspecified atom stereocenters. The molecule has 0 saturated carbocycles. The molecule has 1 N–H and O–H groups in total. The average molecular weight is 478 g/mol. The number of aromatic amines is 1. The Labute approximate surface area is 204 Å². The molecular formula is C27H31N3O5. The van der Waals surface area contributed by atoms with Gasteiger partial charge in [-0.05, 0) is 43.2 Å². The van der Waals surface area contributed by atoms with Crippen LogP contribution in [0.1, 0.15) is 25.0 Å². The van der Waals surface area contributed by atoms with Crippen LogP contribution in [-0.4, -0.2) is 71.5 Å². The number of nitrogens with one attached hydrogen (secondary N) is 1. The summed E-state index contributed by atoms with van der Waals surface area (Å²) >= 11 is 0. The Balaban J connectivity index is 1.20. The summed E-state index contributed by atoms with van der Waals surface area (Å²) in [6.07, 6.45) is 2.01. The molecule has 35 heavy (non-hydrogen) atoms. The Kier molecular flexibility index (Phi) is 7.82. The van der Waals surface area contributed by atoms with E-state index in [9.17, 15) is 14.4 Å². The SMILES string of the molecule is CC(C)N1CCN(C(=O)COC(=O)Cc2ccc(OC(=O)Cc3c[nH]c4ccccc34)cc2)CC1. The number of rotatable bonds is 8. The van der Waals surface area contributed by atoms with Gasteiger partial charge in [0.1, 0.15) is 5.75 Å². The zero-order chi connectivity index (χ0) is 24.8. The van der Waals surface area contributed by atoms with Gasteiger partial charge in [0.2, 0.25) is 0 Å². The highest BCUT2D eigenvalue weighted by Gasteiger charge is 2.23. The lowest BCUT2D eigenvalue weighted by Gasteiger charge is -2.36. The molecule has 184 valence electrons. The number of amides is 1. The van der Waals surface area contributed by atoms with E-state index < -0.39 is 5.97 Å². The molecule has 1 fully saturated rings. The molecule has 1 amide bonds. The van der Waals surface area contributed by atoms with Gasteiger partial charge in [-0.2, -0.15) is 0 Å². The molecule has 0 spiro atoms. The lowest BCUT2D eigenvalue weighted by atomic mass is 10.1. The van der Waals surface area contributed by atoms with E-state index in [1.54, 1.807) is 29.2 Å². The maximum atomic E-state index is 12.4. The Hall–Kier alpha value is -3.65. The first-order valence-corrected chi connectivity index (χ1v) is 11.9. The standard InChI is InChI=1S/C27H31N3O5/c1-19(2)29-11-13-30(14-12-29)25(31)18-34-26(32)15-20-7-9-22(10-8-20)35-27(33)16-21-17-28-24-6-4-3-5-23(21)24/h3-10,17,19,28H,11-16,18H2,1-2H3. The smallest absolute Gasteiger partial charge is 0.315 e. The van der Waals surface area contributed by atoms with Gasteiger partial charge in [-0.25, -0.2) is 0 Å². The zero-order valence-corrected chi connectivity index (χ0v) is 20.2. The summed E-state index contributed by atoms with van der Waals surface area (Å²) in [5, 5.41) is 0.995. The molecule has 1 aliphatic rings. The second-order valence-electron chi connectivity index (χ2n) is 9.00. The van der Waals surface area contributed by atoms with Crippen LogP contribution in [0.2, 0.25) is 0 Å². The van der Waals surface area contributed by atoms with Crippen LogP contribution >= 0.6 is 0 Å². The minimum Gasteiger partial charge on any atom is -0.455 e. The Bertz CT molecular complexity index is 1180. The molecule has 1 aliphatic heterocycles. The number of carbonyl (C=O) groups excluding carboxylic acids is 3. The average Bonchev–Trinajstić information content (AvgIpc) is 3.26. The van der Waals surface area contributed by atoms with Gasteiger partial charge in [-0.3, -0.25) is 19.3 Å². The Morgan fingerprint density at radius 1 is 0.914 bits per heavy atom. The van der Waals surface area contributed by atoms with Crippen molar-refractivity contribution in [2.45, 2.75) is 32.7 Å². The van der Waals surface area contributed by atoms with E-state index in [0.29, 0.717) is 30.4 Å². The molecule has 0 atom stereocenters. The Morgan fingerprint density at radius 3 is 2.34 bits per heavy atom. The van der Waals surface area contributed by atoms with Crippen LogP contribution in [-0.2, 0) is 32.0 Å². The van der Waals surface area contributed by atoms with Gasteiger partial charge in [-0.1, -0.05) is 30.3 Å². The zero-order valence-electron chi connectivity index (χ0n) is 20.2. The van der Waals surface area contributed by atoms with Gasteiger partial charge in [0.25, 0.3) is 5.91 Å². The van der Waals surface area contributed by atoms with Crippen molar-refractivity contribution < 1.29 is 23.9 Å². The van der Waals surface area contributed by atoms with Crippen molar-refractivity contribution in [3.63, 3.8) is 0 Å². The van der Waals surface area contributed by atoms with Crippen molar-refractivity contribution >= 4 is 28.7 Å². The molecule has 1 saturated heterocycles. The number of piperazine rings is 1. The maximum Gasteiger partial charge on any atom is 0.315 e. The molecule has 0 bridgehead atoms. The van der Waals surface area contributed by atoms with Crippen LogP contribution in [0.25, 0.3) is 10.9 Å². The molecular weight excluding hydrogens is 446 g/mol. The highest BCUT2D eigenvalue weighted by Crippen LogP contribution is 2.20. The fourth-order valence-electron chi connectivity index (χ4n) is 4.22. The maximum absolute atomic E-state index is 12.4. The summed E-state index contributed by atoms with van der Waals surface area (Å²) in [6, 6.07) is 15.0. The number of fused-ring (bicyclic) bond motifs is 1. The third-order valence-corrected chi connectivity index (χ3v) is 6.27. The van der Waals surface area contributed by atoms with E-state index in [4.69, 9.17) is 9.47 Å². The monoisotopic (exact) mass is 477 g/mol. The molecule has 2 aromatic carbocycles. The van der Waals surface area contributed by atoms with Gasteiger partial charge in [0.15, 0.2) is 6.61 Å². The molecule has 8 heteroatoms. The van der Waals surface area contributed by atoms with Gasteiger partial charge in [0.05, 0.1) is 12.8 Å². The highest BCUT2D eigenvalue weighted by molar-refractivity contribution is 5.87. The van der Waals surface area contributed by atoms with E-state index in [-0.39, 0.29) is 31.3 Å². The number of nitrogens with zero attached hydrogens (tertiary/aromatic N) is 2. The number of hydrogen-bond donors (Lipinski definition) is 1. The third-order valence-electron chi connectivity index (χ3n) is 6.27. The minimum atomic E-state index is -0.469. The van der Waals surface area contributed by atoms with E-state index in [1.807, 2.05) is 30.5 Å². The number of ether oxygens (including phenoxy) is 2. The lowest BCUT2D eigenvalue weighted by Crippen LogP contribution is -2.51. The van der Waals surface area contributed by atoms with Gasteiger partial charge < -0.3 is 19.4 Å². The van der Waals surface area contributed by atoms with E-state index >= 15 is 0 Å². The summed E-state index contributed by atoms with van der Waals surface area (Å²) in [7, 11) is 0.